The molecule has 1 N–H and O–H groups in total. The van der Waals surface area contributed by atoms with Crippen LogP contribution < -0.4 is 4.90 Å². The van der Waals surface area contributed by atoms with E-state index in [0.717, 1.165) is 24.9 Å². The molecule has 1 aromatic carbocycles. The molecule has 2 aliphatic heterocycles. The molecule has 2 saturated heterocycles. The highest BCUT2D eigenvalue weighted by molar-refractivity contribution is 5.99. The molecular formula is C18H22N2O4. The molecule has 1 aromatic rings. The first-order valence-corrected chi connectivity index (χ1v) is 8.46. The molecule has 0 spiro atoms. The zero-order valence-electron chi connectivity index (χ0n) is 13.6. The second-order valence-corrected chi connectivity index (χ2v) is 6.53. The molecule has 2 heterocycles. The third kappa shape index (κ3) is 3.58. The van der Waals surface area contributed by atoms with Gasteiger partial charge in [0.05, 0.1) is 0 Å². The summed E-state index contributed by atoms with van der Waals surface area (Å²) in [6.07, 6.45) is 3.04. The van der Waals surface area contributed by atoms with Crippen molar-refractivity contribution in [3.05, 3.63) is 29.8 Å². The van der Waals surface area contributed by atoms with Gasteiger partial charge in [0.2, 0.25) is 5.91 Å². The molecule has 0 aromatic heterocycles. The van der Waals surface area contributed by atoms with Crippen LogP contribution in [0.5, 0.6) is 0 Å². The van der Waals surface area contributed by atoms with Crippen molar-refractivity contribution >= 4 is 23.5 Å². The fraction of sp³-hybridized carbons (Fsp3) is 0.500. The summed E-state index contributed by atoms with van der Waals surface area (Å²) in [5.41, 5.74) is 1.37. The van der Waals surface area contributed by atoms with E-state index >= 15 is 0 Å². The summed E-state index contributed by atoms with van der Waals surface area (Å²) in [6.45, 7) is 1.88. The molecule has 0 radical (unpaired) electrons. The quantitative estimate of drug-likeness (QED) is 0.917. The van der Waals surface area contributed by atoms with Crippen LogP contribution in [0.1, 0.15) is 42.5 Å². The number of rotatable bonds is 4. The Morgan fingerprint density at radius 3 is 2.54 bits per heavy atom. The number of amides is 2. The van der Waals surface area contributed by atoms with Crippen molar-refractivity contribution in [3.8, 4) is 0 Å². The van der Waals surface area contributed by atoms with Crippen LogP contribution in [-0.2, 0) is 9.59 Å². The van der Waals surface area contributed by atoms with E-state index in [0.29, 0.717) is 31.6 Å². The van der Waals surface area contributed by atoms with E-state index in [4.69, 9.17) is 5.11 Å². The van der Waals surface area contributed by atoms with Crippen LogP contribution in [0.25, 0.3) is 0 Å². The lowest BCUT2D eigenvalue weighted by Gasteiger charge is -2.31. The summed E-state index contributed by atoms with van der Waals surface area (Å²) in [5.74, 6) is -0.561. The van der Waals surface area contributed by atoms with Gasteiger partial charge in [-0.15, -0.1) is 0 Å². The van der Waals surface area contributed by atoms with Crippen molar-refractivity contribution in [1.29, 1.82) is 0 Å². The van der Waals surface area contributed by atoms with Crippen LogP contribution in [0.15, 0.2) is 24.3 Å². The van der Waals surface area contributed by atoms with E-state index in [1.54, 1.807) is 21.9 Å². The number of anilines is 1. The number of carboxylic acid groups (broad SMARTS) is 1. The molecule has 0 aliphatic carbocycles. The van der Waals surface area contributed by atoms with Crippen molar-refractivity contribution in [2.75, 3.05) is 24.5 Å². The van der Waals surface area contributed by atoms with E-state index in [1.807, 2.05) is 12.1 Å². The Kier molecular flexibility index (Phi) is 4.83. The lowest BCUT2D eigenvalue weighted by molar-refractivity contribution is -0.138. The maximum atomic E-state index is 12.7. The topological polar surface area (TPSA) is 77.9 Å². The number of nitrogens with zero attached hydrogens (tertiary/aromatic N) is 2. The van der Waals surface area contributed by atoms with Crippen LogP contribution in [0, 0.1) is 5.92 Å². The molecule has 0 unspecified atom stereocenters. The van der Waals surface area contributed by atoms with Crippen LogP contribution >= 0.6 is 0 Å². The second-order valence-electron chi connectivity index (χ2n) is 6.53. The zero-order chi connectivity index (χ0) is 17.1. The van der Waals surface area contributed by atoms with Gasteiger partial charge in [-0.25, -0.2) is 0 Å². The van der Waals surface area contributed by atoms with Crippen molar-refractivity contribution in [3.63, 3.8) is 0 Å². The van der Waals surface area contributed by atoms with E-state index in [2.05, 4.69) is 0 Å². The molecule has 128 valence electrons. The number of piperidine rings is 1. The normalized spacial score (nSPS) is 18.9. The highest BCUT2D eigenvalue weighted by Gasteiger charge is 2.26. The minimum absolute atomic E-state index is 0.0442. The zero-order valence-corrected chi connectivity index (χ0v) is 13.6. The highest BCUT2D eigenvalue weighted by atomic mass is 16.4. The van der Waals surface area contributed by atoms with Gasteiger partial charge < -0.3 is 14.9 Å². The van der Waals surface area contributed by atoms with E-state index in [9.17, 15) is 14.4 Å². The monoisotopic (exact) mass is 330 g/mol. The third-order valence-corrected chi connectivity index (χ3v) is 4.84. The molecule has 2 aliphatic rings. The fourth-order valence-electron chi connectivity index (χ4n) is 3.50. The van der Waals surface area contributed by atoms with E-state index in [-0.39, 0.29) is 24.2 Å². The molecular weight excluding hydrogens is 308 g/mol. The predicted octanol–water partition coefficient (Wildman–Crippen LogP) is 2.14. The standard InChI is InChI=1S/C18H22N2O4/c21-16-5-2-8-20(16)15-4-1-3-14(12-15)18(24)19-9-6-13(7-10-19)11-17(22)23/h1,3-4,12-13H,2,5-11H2,(H,22,23). The minimum Gasteiger partial charge on any atom is -0.481 e. The van der Waals surface area contributed by atoms with Crippen LogP contribution in [0.3, 0.4) is 0 Å². The smallest absolute Gasteiger partial charge is 0.303 e. The SMILES string of the molecule is O=C(O)CC1CCN(C(=O)c2cccc(N3CCCC3=O)c2)CC1. The summed E-state index contributed by atoms with van der Waals surface area (Å²) in [4.78, 5) is 38.8. The number of aliphatic carboxylic acids is 1. The van der Waals surface area contributed by atoms with Crippen LogP contribution in [0.4, 0.5) is 5.69 Å². The Morgan fingerprint density at radius 2 is 1.92 bits per heavy atom. The number of benzene rings is 1. The Hall–Kier alpha value is -2.37. The lowest BCUT2D eigenvalue weighted by atomic mass is 9.93. The summed E-state index contributed by atoms with van der Waals surface area (Å²) >= 11 is 0. The molecule has 2 fully saturated rings. The molecule has 0 bridgehead atoms. The van der Waals surface area contributed by atoms with E-state index in [1.165, 1.54) is 0 Å². The van der Waals surface area contributed by atoms with Gasteiger partial charge in [0.1, 0.15) is 0 Å². The number of hydrogen-bond donors (Lipinski definition) is 1. The van der Waals surface area contributed by atoms with Crippen LogP contribution in [-0.4, -0.2) is 47.4 Å². The summed E-state index contributed by atoms with van der Waals surface area (Å²) in [6, 6.07) is 7.23. The van der Waals surface area contributed by atoms with Gasteiger partial charge in [-0.3, -0.25) is 14.4 Å². The molecule has 0 atom stereocenters. The fourth-order valence-corrected chi connectivity index (χ4v) is 3.50. The third-order valence-electron chi connectivity index (χ3n) is 4.84. The Morgan fingerprint density at radius 1 is 1.17 bits per heavy atom. The first-order valence-electron chi connectivity index (χ1n) is 8.46. The van der Waals surface area contributed by atoms with Gasteiger partial charge in [-0.1, -0.05) is 6.07 Å². The molecule has 6 nitrogen and oxygen atoms in total. The number of likely N-dealkylation sites (tertiary alicyclic amines) is 1. The van der Waals surface area contributed by atoms with Crippen molar-refractivity contribution < 1.29 is 19.5 Å². The van der Waals surface area contributed by atoms with Crippen molar-refractivity contribution in [2.24, 2.45) is 5.92 Å². The molecule has 2 amide bonds. The van der Waals surface area contributed by atoms with Gasteiger partial charge in [-0.2, -0.15) is 0 Å². The van der Waals surface area contributed by atoms with Gasteiger partial charge in [0.15, 0.2) is 0 Å². The number of carbonyl (C=O) groups excluding carboxylic acids is 2. The average Bonchev–Trinajstić information content (AvgIpc) is 3.00. The molecule has 3 rings (SSSR count). The first kappa shape index (κ1) is 16.5. The van der Waals surface area contributed by atoms with Crippen molar-refractivity contribution in [2.45, 2.75) is 32.1 Å². The molecule has 6 heteroatoms. The summed E-state index contributed by atoms with van der Waals surface area (Å²) in [5, 5.41) is 8.86. The lowest BCUT2D eigenvalue weighted by Crippen LogP contribution is -2.39. The van der Waals surface area contributed by atoms with Crippen molar-refractivity contribution in [1.82, 2.24) is 4.90 Å². The molecule has 0 saturated carbocycles. The predicted molar refractivity (Wildman–Crippen MR) is 88.9 cm³/mol. The second kappa shape index (κ2) is 7.03. The Labute approximate surface area is 141 Å². The Bertz CT molecular complexity index is 650. The average molecular weight is 330 g/mol. The maximum absolute atomic E-state index is 12.7. The maximum Gasteiger partial charge on any atom is 0.303 e. The van der Waals surface area contributed by atoms with Gasteiger partial charge in [-0.05, 0) is 43.4 Å². The van der Waals surface area contributed by atoms with Gasteiger partial charge in [0, 0.05) is 43.7 Å². The first-order chi connectivity index (χ1) is 11.5. The minimum atomic E-state index is -0.775. The van der Waals surface area contributed by atoms with Crippen LogP contribution in [0.2, 0.25) is 0 Å². The summed E-state index contributed by atoms with van der Waals surface area (Å²) < 4.78 is 0. The van der Waals surface area contributed by atoms with Gasteiger partial charge >= 0.3 is 5.97 Å². The van der Waals surface area contributed by atoms with Gasteiger partial charge in [0.25, 0.3) is 5.91 Å². The Balaban J connectivity index is 1.65. The number of carbonyl (C=O) groups is 3. The highest BCUT2D eigenvalue weighted by Crippen LogP contribution is 2.25. The summed E-state index contributed by atoms with van der Waals surface area (Å²) in [7, 11) is 0. The van der Waals surface area contributed by atoms with E-state index < -0.39 is 5.97 Å². The number of carboxylic acids is 1. The largest absolute Gasteiger partial charge is 0.481 e. The number of hydrogen-bond acceptors (Lipinski definition) is 3. The molecule has 24 heavy (non-hydrogen) atoms.